The lowest BCUT2D eigenvalue weighted by Crippen LogP contribution is -2.51. The highest BCUT2D eigenvalue weighted by Crippen LogP contribution is 2.40. The van der Waals surface area contributed by atoms with E-state index >= 15 is 0 Å². The summed E-state index contributed by atoms with van der Waals surface area (Å²) in [4.78, 5) is 34.7. The molecule has 0 unspecified atom stereocenters. The fourth-order valence-electron chi connectivity index (χ4n) is 5.81. The molecule has 0 spiro atoms. The molecular formula is C31H37N3O2S. The molecule has 2 aliphatic rings. The fraction of sp³-hybridized carbons (Fsp3) is 0.419. The van der Waals surface area contributed by atoms with Gasteiger partial charge in [-0.2, -0.15) is 0 Å². The minimum Gasteiger partial charge on any atom is -0.340 e. The first-order valence-corrected chi connectivity index (χ1v) is 14.4. The third-order valence-corrected chi connectivity index (χ3v) is 9.04. The standard InChI is InChI=1S/C31H37N3O2S/c1-4-24-10-12-25(13-11-24)31(36)33-17-7-16-32(19-20-33)30(35)23(3)34-18-14-28-27(15-21-37-28)29(34)26-9-6-5-8-22(26)2/h5-6,8-13,15,21,23,29H,4,7,14,16-20H2,1-3H3/t23-,29-/m1/s1. The molecule has 1 aromatic heterocycles. The second-order valence-corrected chi connectivity index (χ2v) is 11.2. The summed E-state index contributed by atoms with van der Waals surface area (Å²) >= 11 is 1.83. The van der Waals surface area contributed by atoms with Crippen molar-refractivity contribution in [3.63, 3.8) is 0 Å². The molecule has 3 heterocycles. The van der Waals surface area contributed by atoms with Gasteiger partial charge in [-0.1, -0.05) is 43.3 Å². The lowest BCUT2D eigenvalue weighted by Gasteiger charge is -2.41. The van der Waals surface area contributed by atoms with E-state index in [1.165, 1.54) is 27.1 Å². The highest BCUT2D eigenvalue weighted by atomic mass is 32.1. The van der Waals surface area contributed by atoms with E-state index in [9.17, 15) is 9.59 Å². The van der Waals surface area contributed by atoms with Crippen LogP contribution in [0, 0.1) is 6.92 Å². The number of aryl methyl sites for hydroxylation is 2. The van der Waals surface area contributed by atoms with Gasteiger partial charge < -0.3 is 9.80 Å². The Balaban J connectivity index is 1.30. The van der Waals surface area contributed by atoms with Crippen LogP contribution in [0.1, 0.15) is 63.8 Å². The Kier molecular flexibility index (Phi) is 7.77. The van der Waals surface area contributed by atoms with Crippen LogP contribution in [0.4, 0.5) is 0 Å². The summed E-state index contributed by atoms with van der Waals surface area (Å²) in [5, 5.41) is 2.18. The topological polar surface area (TPSA) is 43.9 Å². The predicted molar refractivity (Wildman–Crippen MR) is 150 cm³/mol. The smallest absolute Gasteiger partial charge is 0.253 e. The van der Waals surface area contributed by atoms with Crippen LogP contribution in [-0.4, -0.2) is 65.3 Å². The van der Waals surface area contributed by atoms with Gasteiger partial charge in [-0.25, -0.2) is 0 Å². The van der Waals surface area contributed by atoms with Gasteiger partial charge in [0, 0.05) is 43.2 Å². The maximum atomic E-state index is 13.9. The van der Waals surface area contributed by atoms with Crippen molar-refractivity contribution in [1.82, 2.24) is 14.7 Å². The van der Waals surface area contributed by atoms with E-state index in [2.05, 4.69) is 61.4 Å². The second kappa shape index (κ2) is 11.2. The first-order valence-electron chi connectivity index (χ1n) is 13.5. The summed E-state index contributed by atoms with van der Waals surface area (Å²) in [6.07, 6.45) is 2.74. The van der Waals surface area contributed by atoms with Gasteiger partial charge >= 0.3 is 0 Å². The van der Waals surface area contributed by atoms with Gasteiger partial charge in [-0.15, -0.1) is 11.3 Å². The quantitative estimate of drug-likeness (QED) is 0.461. The van der Waals surface area contributed by atoms with Crippen LogP contribution in [0.25, 0.3) is 0 Å². The third kappa shape index (κ3) is 5.23. The summed E-state index contributed by atoms with van der Waals surface area (Å²) < 4.78 is 0. The molecule has 2 atom stereocenters. The molecule has 2 amide bonds. The number of carbonyl (C=O) groups is 2. The van der Waals surface area contributed by atoms with Crippen molar-refractivity contribution in [3.05, 3.63) is 92.7 Å². The van der Waals surface area contributed by atoms with Crippen LogP contribution < -0.4 is 0 Å². The number of rotatable bonds is 5. The monoisotopic (exact) mass is 515 g/mol. The Hall–Kier alpha value is -2.96. The summed E-state index contributed by atoms with van der Waals surface area (Å²) in [7, 11) is 0. The van der Waals surface area contributed by atoms with Gasteiger partial charge in [0.2, 0.25) is 5.91 Å². The SMILES string of the molecule is CCc1ccc(C(=O)N2CCCN(C(=O)[C@@H](C)N3CCc4sccc4[C@H]3c3ccccc3C)CC2)cc1. The molecule has 2 aliphatic heterocycles. The van der Waals surface area contributed by atoms with E-state index in [4.69, 9.17) is 0 Å². The van der Waals surface area contributed by atoms with Crippen LogP contribution in [-0.2, 0) is 17.6 Å². The fourth-order valence-corrected chi connectivity index (χ4v) is 6.71. The van der Waals surface area contributed by atoms with Crippen LogP contribution in [0.15, 0.2) is 60.0 Å². The molecular weight excluding hydrogens is 478 g/mol. The Bertz CT molecular complexity index is 1250. The van der Waals surface area contributed by atoms with Gasteiger partial charge in [0.25, 0.3) is 5.91 Å². The van der Waals surface area contributed by atoms with E-state index in [1.807, 2.05) is 45.4 Å². The molecule has 0 bridgehead atoms. The van der Waals surface area contributed by atoms with Crippen molar-refractivity contribution in [2.24, 2.45) is 0 Å². The van der Waals surface area contributed by atoms with Gasteiger partial charge in [-0.3, -0.25) is 14.5 Å². The molecule has 1 saturated heterocycles. The largest absolute Gasteiger partial charge is 0.340 e. The van der Waals surface area contributed by atoms with Gasteiger partial charge in [0.05, 0.1) is 12.1 Å². The molecule has 0 saturated carbocycles. The Labute approximate surface area is 224 Å². The molecule has 3 aromatic rings. The molecule has 2 aromatic carbocycles. The zero-order valence-electron chi connectivity index (χ0n) is 22.2. The molecule has 0 N–H and O–H groups in total. The zero-order valence-corrected chi connectivity index (χ0v) is 23.0. The Morgan fingerprint density at radius 3 is 2.41 bits per heavy atom. The number of benzene rings is 2. The number of carbonyl (C=O) groups excluding carboxylic acids is 2. The third-order valence-electron chi connectivity index (χ3n) is 8.04. The number of hydrogen-bond acceptors (Lipinski definition) is 4. The van der Waals surface area contributed by atoms with E-state index in [0.717, 1.165) is 31.4 Å². The maximum absolute atomic E-state index is 13.9. The average Bonchev–Trinajstić information content (AvgIpc) is 3.28. The number of nitrogens with zero attached hydrogens (tertiary/aromatic N) is 3. The highest BCUT2D eigenvalue weighted by Gasteiger charge is 2.37. The molecule has 6 heteroatoms. The van der Waals surface area contributed by atoms with E-state index in [-0.39, 0.29) is 23.9 Å². The first kappa shape index (κ1) is 25.7. The highest BCUT2D eigenvalue weighted by molar-refractivity contribution is 7.10. The van der Waals surface area contributed by atoms with Crippen molar-refractivity contribution in [2.45, 2.75) is 52.1 Å². The average molecular weight is 516 g/mol. The van der Waals surface area contributed by atoms with Crippen LogP contribution in [0.5, 0.6) is 0 Å². The van der Waals surface area contributed by atoms with Gasteiger partial charge in [0.15, 0.2) is 0 Å². The summed E-state index contributed by atoms with van der Waals surface area (Å²) in [5.41, 5.74) is 5.84. The van der Waals surface area contributed by atoms with Crippen molar-refractivity contribution in [1.29, 1.82) is 0 Å². The Morgan fingerprint density at radius 2 is 1.65 bits per heavy atom. The number of thiophene rings is 1. The molecule has 194 valence electrons. The zero-order chi connectivity index (χ0) is 25.9. The number of fused-ring (bicyclic) bond motifs is 1. The summed E-state index contributed by atoms with van der Waals surface area (Å²) in [5.74, 6) is 0.226. The summed E-state index contributed by atoms with van der Waals surface area (Å²) in [6, 6.07) is 18.6. The molecule has 5 rings (SSSR count). The first-order chi connectivity index (χ1) is 18.0. The molecule has 0 aliphatic carbocycles. The van der Waals surface area contributed by atoms with Crippen molar-refractivity contribution < 1.29 is 9.59 Å². The lowest BCUT2D eigenvalue weighted by molar-refractivity contribution is -0.137. The normalized spacial score (nSPS) is 19.3. The van der Waals surface area contributed by atoms with E-state index < -0.39 is 0 Å². The van der Waals surface area contributed by atoms with Crippen LogP contribution >= 0.6 is 11.3 Å². The molecule has 5 nitrogen and oxygen atoms in total. The van der Waals surface area contributed by atoms with Crippen molar-refractivity contribution in [2.75, 3.05) is 32.7 Å². The lowest BCUT2D eigenvalue weighted by atomic mass is 9.89. The van der Waals surface area contributed by atoms with Crippen LogP contribution in [0.2, 0.25) is 0 Å². The number of hydrogen-bond donors (Lipinski definition) is 0. The van der Waals surface area contributed by atoms with Crippen LogP contribution in [0.3, 0.4) is 0 Å². The molecule has 37 heavy (non-hydrogen) atoms. The predicted octanol–water partition coefficient (Wildman–Crippen LogP) is 5.33. The second-order valence-electron chi connectivity index (χ2n) is 10.2. The van der Waals surface area contributed by atoms with Gasteiger partial charge in [0.1, 0.15) is 0 Å². The Morgan fingerprint density at radius 1 is 0.919 bits per heavy atom. The van der Waals surface area contributed by atoms with Crippen molar-refractivity contribution >= 4 is 23.2 Å². The van der Waals surface area contributed by atoms with Crippen molar-refractivity contribution in [3.8, 4) is 0 Å². The maximum Gasteiger partial charge on any atom is 0.253 e. The molecule has 1 fully saturated rings. The summed E-state index contributed by atoms with van der Waals surface area (Å²) in [6.45, 7) is 9.73. The minimum absolute atomic E-state index is 0.0608. The molecule has 0 radical (unpaired) electrons. The van der Waals surface area contributed by atoms with Gasteiger partial charge in [-0.05, 0) is 78.9 Å². The van der Waals surface area contributed by atoms with E-state index in [0.29, 0.717) is 26.2 Å². The number of amides is 2. The minimum atomic E-state index is -0.235. The van der Waals surface area contributed by atoms with E-state index in [1.54, 1.807) is 0 Å².